The maximum absolute atomic E-state index is 14.6. The summed E-state index contributed by atoms with van der Waals surface area (Å²) in [5.74, 6) is 0.193. The lowest BCUT2D eigenvalue weighted by atomic mass is 9.94. The lowest BCUT2D eigenvalue weighted by molar-refractivity contribution is 0.0687. The van der Waals surface area contributed by atoms with E-state index in [9.17, 15) is 9.50 Å². The Bertz CT molecular complexity index is 1290. The number of rotatable bonds is 6. The van der Waals surface area contributed by atoms with Crippen molar-refractivity contribution in [3.8, 4) is 11.1 Å². The van der Waals surface area contributed by atoms with Crippen molar-refractivity contribution < 1.29 is 9.50 Å². The Kier molecular flexibility index (Phi) is 6.32. The number of aromatic nitrogens is 3. The molecule has 2 aromatic heterocycles. The second-order valence-electron chi connectivity index (χ2n) is 8.95. The zero-order valence-electron chi connectivity index (χ0n) is 19.0. The first kappa shape index (κ1) is 23.1. The Morgan fingerprint density at radius 2 is 1.67 bits per heavy atom. The number of hydrogen-bond acceptors (Lipinski definition) is 5. The van der Waals surface area contributed by atoms with Gasteiger partial charge in [0.15, 0.2) is 5.82 Å². The number of nitrogens with one attached hydrogen (secondary N) is 1. The molecule has 0 saturated carbocycles. The van der Waals surface area contributed by atoms with Gasteiger partial charge in [0.25, 0.3) is 0 Å². The van der Waals surface area contributed by atoms with Gasteiger partial charge in [0, 0.05) is 35.1 Å². The van der Waals surface area contributed by atoms with Crippen LogP contribution in [-0.4, -0.2) is 20.1 Å². The van der Waals surface area contributed by atoms with Crippen molar-refractivity contribution in [2.45, 2.75) is 39.3 Å². The molecule has 1 atom stereocenters. The van der Waals surface area contributed by atoms with Crippen LogP contribution in [-0.2, 0) is 5.60 Å². The van der Waals surface area contributed by atoms with Gasteiger partial charge in [-0.15, -0.1) is 0 Å². The van der Waals surface area contributed by atoms with E-state index >= 15 is 0 Å². The predicted octanol–water partition coefficient (Wildman–Crippen LogP) is 6.52. The molecule has 33 heavy (non-hydrogen) atoms. The van der Waals surface area contributed by atoms with Crippen molar-refractivity contribution in [3.05, 3.63) is 83.3 Å². The first-order valence-corrected chi connectivity index (χ1v) is 11.2. The molecule has 0 saturated heterocycles. The van der Waals surface area contributed by atoms with Gasteiger partial charge in [0.2, 0.25) is 0 Å². The molecule has 5 nitrogen and oxygen atoms in total. The third-order valence-electron chi connectivity index (χ3n) is 5.56. The number of anilines is 1. The number of halogens is 2. The molecule has 0 amide bonds. The molecule has 2 aromatic carbocycles. The molecule has 0 aliphatic heterocycles. The average Bonchev–Trinajstić information content (AvgIpc) is 2.78. The fraction of sp³-hybridized carbons (Fsp3) is 0.269. The number of benzene rings is 2. The van der Waals surface area contributed by atoms with Gasteiger partial charge in [-0.1, -0.05) is 49.7 Å². The normalized spacial score (nSPS) is 12.8. The summed E-state index contributed by atoms with van der Waals surface area (Å²) in [5.41, 5.74) is 2.60. The highest BCUT2D eigenvalue weighted by atomic mass is 35.5. The molecule has 0 spiro atoms. The predicted molar refractivity (Wildman–Crippen MR) is 131 cm³/mol. The molecular weight excluding hydrogens is 439 g/mol. The maximum Gasteiger partial charge on any atom is 0.159 e. The Hall–Kier alpha value is -3.09. The van der Waals surface area contributed by atoms with Crippen molar-refractivity contribution in [2.75, 3.05) is 5.32 Å². The number of fused-ring (bicyclic) bond motifs is 1. The van der Waals surface area contributed by atoms with E-state index in [1.54, 1.807) is 44.6 Å². The lowest BCUT2D eigenvalue weighted by Crippen LogP contribution is -2.19. The topological polar surface area (TPSA) is 70.9 Å². The second kappa shape index (κ2) is 9.04. The van der Waals surface area contributed by atoms with E-state index in [1.807, 2.05) is 38.1 Å². The Labute approximate surface area is 197 Å². The Balaban J connectivity index is 1.79. The maximum atomic E-state index is 14.6. The highest BCUT2D eigenvalue weighted by Crippen LogP contribution is 2.37. The molecule has 7 heteroatoms. The fourth-order valence-electron chi connectivity index (χ4n) is 3.77. The highest BCUT2D eigenvalue weighted by Gasteiger charge is 2.22. The van der Waals surface area contributed by atoms with Gasteiger partial charge in [-0.25, -0.2) is 14.4 Å². The van der Waals surface area contributed by atoms with Crippen LogP contribution < -0.4 is 5.32 Å². The summed E-state index contributed by atoms with van der Waals surface area (Å²) in [6.07, 6.45) is 4.97. The molecule has 170 valence electrons. The van der Waals surface area contributed by atoms with Crippen molar-refractivity contribution >= 4 is 28.2 Å². The number of hydrogen-bond donors (Lipinski definition) is 2. The number of aliphatic hydroxyl groups is 1. The summed E-state index contributed by atoms with van der Waals surface area (Å²) >= 11 is 6.58. The molecule has 0 aliphatic carbocycles. The SMILES string of the molecule is CC(C)C(Nc1c(Cl)cnc2ccc(-c3cnc(C(C)(C)O)nc3)cc12)c1ccccc1F. The average molecular weight is 465 g/mol. The van der Waals surface area contributed by atoms with Crippen LogP contribution in [0.4, 0.5) is 10.1 Å². The van der Waals surface area contributed by atoms with Crippen LogP contribution in [0.2, 0.25) is 5.02 Å². The molecule has 4 aromatic rings. The van der Waals surface area contributed by atoms with Gasteiger partial charge in [-0.2, -0.15) is 0 Å². The summed E-state index contributed by atoms with van der Waals surface area (Å²) in [6.45, 7) is 7.36. The van der Waals surface area contributed by atoms with Crippen LogP contribution in [0.1, 0.15) is 45.1 Å². The summed E-state index contributed by atoms with van der Waals surface area (Å²) < 4.78 is 14.6. The van der Waals surface area contributed by atoms with Crippen LogP contribution >= 0.6 is 11.6 Å². The molecule has 2 heterocycles. The second-order valence-corrected chi connectivity index (χ2v) is 9.36. The van der Waals surface area contributed by atoms with Gasteiger partial charge in [0.05, 0.1) is 22.3 Å². The van der Waals surface area contributed by atoms with E-state index in [2.05, 4.69) is 20.3 Å². The van der Waals surface area contributed by atoms with Gasteiger partial charge >= 0.3 is 0 Å². The third-order valence-corrected chi connectivity index (χ3v) is 5.85. The van der Waals surface area contributed by atoms with Crippen LogP contribution in [0.15, 0.2) is 61.1 Å². The monoisotopic (exact) mass is 464 g/mol. The molecule has 1 unspecified atom stereocenters. The van der Waals surface area contributed by atoms with E-state index in [0.717, 1.165) is 22.0 Å². The van der Waals surface area contributed by atoms with Gasteiger partial charge in [-0.05, 0) is 43.5 Å². The Morgan fingerprint density at radius 3 is 2.30 bits per heavy atom. The van der Waals surface area contributed by atoms with E-state index in [-0.39, 0.29) is 17.8 Å². The lowest BCUT2D eigenvalue weighted by Gasteiger charge is -2.26. The standard InChI is InChI=1S/C26H26ClFN4O/c1-15(2)23(18-7-5-6-8-21(18)28)32-24-19-11-16(9-10-22(19)29-14-20(24)27)17-12-30-25(31-13-17)26(3,4)33/h5-15,23,33H,1-4H3,(H,29,32). The molecule has 0 fully saturated rings. The number of nitrogens with zero attached hydrogens (tertiary/aromatic N) is 3. The van der Waals surface area contributed by atoms with Crippen molar-refractivity contribution in [3.63, 3.8) is 0 Å². The molecule has 0 bridgehead atoms. The quantitative estimate of drug-likeness (QED) is 0.340. The molecule has 4 rings (SSSR count). The van der Waals surface area contributed by atoms with Crippen LogP contribution in [0.3, 0.4) is 0 Å². The first-order chi connectivity index (χ1) is 15.6. The van der Waals surface area contributed by atoms with Gasteiger partial charge in [-0.3, -0.25) is 4.98 Å². The highest BCUT2D eigenvalue weighted by molar-refractivity contribution is 6.34. The first-order valence-electron chi connectivity index (χ1n) is 10.8. The van der Waals surface area contributed by atoms with Crippen molar-refractivity contribution in [2.24, 2.45) is 5.92 Å². The van der Waals surface area contributed by atoms with Gasteiger partial charge in [0.1, 0.15) is 11.4 Å². The van der Waals surface area contributed by atoms with Crippen LogP contribution in [0.25, 0.3) is 22.0 Å². The van der Waals surface area contributed by atoms with Crippen LogP contribution in [0.5, 0.6) is 0 Å². The molecule has 0 radical (unpaired) electrons. The van der Waals surface area contributed by atoms with Gasteiger partial charge < -0.3 is 10.4 Å². The minimum absolute atomic E-state index is 0.104. The van der Waals surface area contributed by atoms with E-state index in [1.165, 1.54) is 6.07 Å². The summed E-state index contributed by atoms with van der Waals surface area (Å²) in [6, 6.07) is 12.3. The van der Waals surface area contributed by atoms with E-state index < -0.39 is 5.60 Å². The minimum atomic E-state index is -1.12. The van der Waals surface area contributed by atoms with E-state index in [0.29, 0.717) is 22.1 Å². The zero-order valence-corrected chi connectivity index (χ0v) is 19.7. The summed E-state index contributed by atoms with van der Waals surface area (Å²) in [7, 11) is 0. The molecular formula is C26H26ClFN4O. The summed E-state index contributed by atoms with van der Waals surface area (Å²) in [5, 5.41) is 14.9. The third kappa shape index (κ3) is 4.82. The molecule has 2 N–H and O–H groups in total. The Morgan fingerprint density at radius 1 is 0.970 bits per heavy atom. The minimum Gasteiger partial charge on any atom is -0.382 e. The fourth-order valence-corrected chi connectivity index (χ4v) is 3.98. The van der Waals surface area contributed by atoms with Crippen molar-refractivity contribution in [1.82, 2.24) is 15.0 Å². The number of pyridine rings is 1. The van der Waals surface area contributed by atoms with Crippen molar-refractivity contribution in [1.29, 1.82) is 0 Å². The summed E-state index contributed by atoms with van der Waals surface area (Å²) in [4.78, 5) is 13.1. The van der Waals surface area contributed by atoms with E-state index in [4.69, 9.17) is 11.6 Å². The largest absolute Gasteiger partial charge is 0.382 e. The smallest absolute Gasteiger partial charge is 0.159 e. The molecule has 0 aliphatic rings. The zero-order chi connectivity index (χ0) is 23.8. The van der Waals surface area contributed by atoms with Crippen LogP contribution in [0, 0.1) is 11.7 Å².